The fourth-order valence-electron chi connectivity index (χ4n) is 2.71. The van der Waals surface area contributed by atoms with Crippen LogP contribution in [-0.4, -0.2) is 17.4 Å². The van der Waals surface area contributed by atoms with Crippen molar-refractivity contribution in [1.82, 2.24) is 0 Å². The highest BCUT2D eigenvalue weighted by Crippen LogP contribution is 2.29. The van der Waals surface area contributed by atoms with E-state index in [1.807, 2.05) is 36.4 Å². The smallest absolute Gasteiger partial charge is 0.333 e. The molecule has 1 heterocycles. The maximum absolute atomic E-state index is 11.2. The summed E-state index contributed by atoms with van der Waals surface area (Å²) in [5.41, 5.74) is 1.18. The largest absolute Gasteiger partial charge is 0.457 e. The molecule has 0 saturated heterocycles. The van der Waals surface area contributed by atoms with Crippen LogP contribution < -0.4 is 4.74 Å². The van der Waals surface area contributed by atoms with E-state index in [1.165, 1.54) is 6.08 Å². The topological polar surface area (TPSA) is 55.8 Å². The number of aliphatic hydroxyl groups is 1. The number of hydrogen-bond donors (Lipinski definition) is 1. The molecule has 3 aromatic carbocycles. The molecule has 0 bridgehead atoms. The van der Waals surface area contributed by atoms with Crippen molar-refractivity contribution < 1.29 is 19.4 Å². The maximum atomic E-state index is 11.2. The molecule has 4 rings (SSSR count). The van der Waals surface area contributed by atoms with Gasteiger partial charge in [0.1, 0.15) is 11.5 Å². The van der Waals surface area contributed by atoms with E-state index in [0.717, 1.165) is 22.1 Å². The van der Waals surface area contributed by atoms with E-state index >= 15 is 0 Å². The number of esters is 1. The van der Waals surface area contributed by atoms with Crippen LogP contribution in [0.2, 0.25) is 0 Å². The number of ether oxygens (including phenoxy) is 2. The first-order chi connectivity index (χ1) is 11.7. The summed E-state index contributed by atoms with van der Waals surface area (Å²) in [6, 6.07) is 21.2. The van der Waals surface area contributed by atoms with Gasteiger partial charge in [-0.15, -0.1) is 0 Å². The molecule has 4 nitrogen and oxygen atoms in total. The van der Waals surface area contributed by atoms with Crippen LogP contribution in [0.4, 0.5) is 0 Å². The molecular weight excluding hydrogens is 304 g/mol. The minimum Gasteiger partial charge on any atom is -0.457 e. The van der Waals surface area contributed by atoms with Crippen LogP contribution >= 0.6 is 0 Å². The fraction of sp³-hybridized carbons (Fsp3) is 0.0500. The minimum atomic E-state index is -1.20. The Morgan fingerprint density at radius 1 is 0.875 bits per heavy atom. The zero-order valence-corrected chi connectivity index (χ0v) is 12.7. The summed E-state index contributed by atoms with van der Waals surface area (Å²) in [6.07, 6.45) is 0.0916. The Morgan fingerprint density at radius 2 is 1.58 bits per heavy atom. The van der Waals surface area contributed by atoms with E-state index in [9.17, 15) is 9.90 Å². The van der Waals surface area contributed by atoms with Gasteiger partial charge in [0, 0.05) is 11.6 Å². The third-order valence-corrected chi connectivity index (χ3v) is 3.91. The van der Waals surface area contributed by atoms with Crippen molar-refractivity contribution in [2.45, 2.75) is 6.29 Å². The third-order valence-electron chi connectivity index (χ3n) is 3.91. The van der Waals surface area contributed by atoms with Gasteiger partial charge in [0.2, 0.25) is 6.29 Å². The van der Waals surface area contributed by atoms with Crippen molar-refractivity contribution in [3.63, 3.8) is 0 Å². The van der Waals surface area contributed by atoms with Gasteiger partial charge in [0.15, 0.2) is 0 Å². The van der Waals surface area contributed by atoms with Crippen molar-refractivity contribution in [1.29, 1.82) is 0 Å². The van der Waals surface area contributed by atoms with Crippen LogP contribution in [0.25, 0.3) is 16.3 Å². The molecule has 1 N–H and O–H groups in total. The number of rotatable bonds is 3. The Labute approximate surface area is 138 Å². The number of carbonyl (C=O) groups is 1. The van der Waals surface area contributed by atoms with E-state index in [0.29, 0.717) is 11.3 Å². The molecule has 0 spiro atoms. The summed E-state index contributed by atoms with van der Waals surface area (Å²) in [5, 5.41) is 11.9. The SMILES string of the molecule is O=C1C=C(c2ccc(Oc3ccc4ccccc4c3)cc2)C(O)O1. The first-order valence-corrected chi connectivity index (χ1v) is 7.56. The fourth-order valence-corrected chi connectivity index (χ4v) is 2.71. The Balaban J connectivity index is 1.56. The second-order valence-corrected chi connectivity index (χ2v) is 5.52. The summed E-state index contributed by atoms with van der Waals surface area (Å²) in [6.45, 7) is 0. The lowest BCUT2D eigenvalue weighted by Gasteiger charge is -2.10. The lowest BCUT2D eigenvalue weighted by molar-refractivity contribution is -0.149. The van der Waals surface area contributed by atoms with Crippen molar-refractivity contribution in [2.75, 3.05) is 0 Å². The zero-order chi connectivity index (χ0) is 16.5. The van der Waals surface area contributed by atoms with Gasteiger partial charge < -0.3 is 14.6 Å². The van der Waals surface area contributed by atoms with Gasteiger partial charge in [-0.2, -0.15) is 0 Å². The Bertz CT molecular complexity index is 941. The summed E-state index contributed by atoms with van der Waals surface area (Å²) in [4.78, 5) is 11.2. The van der Waals surface area contributed by atoms with Crippen LogP contribution in [0.3, 0.4) is 0 Å². The lowest BCUT2D eigenvalue weighted by atomic mass is 10.1. The predicted molar refractivity (Wildman–Crippen MR) is 90.5 cm³/mol. The molecule has 1 aliphatic heterocycles. The monoisotopic (exact) mass is 318 g/mol. The molecule has 0 fully saturated rings. The van der Waals surface area contributed by atoms with Crippen LogP contribution in [0.15, 0.2) is 72.8 Å². The molecule has 0 radical (unpaired) electrons. The molecule has 0 amide bonds. The second-order valence-electron chi connectivity index (χ2n) is 5.52. The van der Waals surface area contributed by atoms with E-state index in [2.05, 4.69) is 10.8 Å². The number of carbonyl (C=O) groups excluding carboxylic acids is 1. The van der Waals surface area contributed by atoms with Crippen molar-refractivity contribution in [3.8, 4) is 11.5 Å². The van der Waals surface area contributed by atoms with Gasteiger partial charge in [0.05, 0.1) is 0 Å². The van der Waals surface area contributed by atoms with Crippen LogP contribution in [0.1, 0.15) is 5.56 Å². The molecule has 4 heteroatoms. The molecule has 118 valence electrons. The van der Waals surface area contributed by atoms with Gasteiger partial charge in [-0.1, -0.05) is 42.5 Å². The molecule has 24 heavy (non-hydrogen) atoms. The number of hydrogen-bond acceptors (Lipinski definition) is 4. The molecule has 1 atom stereocenters. The number of aliphatic hydroxyl groups excluding tert-OH is 1. The summed E-state index contributed by atoms with van der Waals surface area (Å²) in [7, 11) is 0. The number of cyclic esters (lactones) is 1. The normalized spacial score (nSPS) is 16.8. The summed E-state index contributed by atoms with van der Waals surface area (Å²) < 4.78 is 10.6. The highest BCUT2D eigenvalue weighted by Gasteiger charge is 2.24. The maximum Gasteiger partial charge on any atom is 0.333 e. The summed E-state index contributed by atoms with van der Waals surface area (Å²) >= 11 is 0. The van der Waals surface area contributed by atoms with Crippen molar-refractivity contribution in [2.24, 2.45) is 0 Å². The van der Waals surface area contributed by atoms with Gasteiger partial charge in [0.25, 0.3) is 0 Å². The van der Waals surface area contributed by atoms with E-state index in [4.69, 9.17) is 4.74 Å². The zero-order valence-electron chi connectivity index (χ0n) is 12.7. The average molecular weight is 318 g/mol. The van der Waals surface area contributed by atoms with Crippen molar-refractivity contribution >= 4 is 22.3 Å². The Hall–Kier alpha value is -3.11. The first kappa shape index (κ1) is 14.5. The quantitative estimate of drug-likeness (QED) is 0.744. The molecule has 0 saturated carbocycles. The molecule has 0 aromatic heterocycles. The second kappa shape index (κ2) is 5.83. The van der Waals surface area contributed by atoms with Gasteiger partial charge in [-0.25, -0.2) is 4.79 Å². The third kappa shape index (κ3) is 2.75. The summed E-state index contributed by atoms with van der Waals surface area (Å²) in [5.74, 6) is 0.892. The first-order valence-electron chi connectivity index (χ1n) is 7.56. The van der Waals surface area contributed by atoms with E-state index < -0.39 is 12.3 Å². The van der Waals surface area contributed by atoms with Gasteiger partial charge in [-0.05, 0) is 40.6 Å². The van der Waals surface area contributed by atoms with Crippen LogP contribution in [0.5, 0.6) is 11.5 Å². The lowest BCUT2D eigenvalue weighted by Crippen LogP contribution is -2.09. The molecular formula is C20H14O4. The molecule has 3 aromatic rings. The number of fused-ring (bicyclic) bond motifs is 1. The number of benzene rings is 3. The standard InChI is InChI=1S/C20H14O4/c21-19-12-18(20(22)24-19)14-6-8-16(9-7-14)23-17-10-5-13-3-1-2-4-15(13)11-17/h1-12,20,22H. The van der Waals surface area contributed by atoms with Gasteiger partial charge >= 0.3 is 5.97 Å². The highest BCUT2D eigenvalue weighted by molar-refractivity contribution is 5.96. The molecule has 1 unspecified atom stereocenters. The van der Waals surface area contributed by atoms with Crippen LogP contribution in [0, 0.1) is 0 Å². The molecule has 0 aliphatic carbocycles. The Kier molecular flexibility index (Phi) is 3.52. The average Bonchev–Trinajstić information content (AvgIpc) is 2.94. The highest BCUT2D eigenvalue weighted by atomic mass is 16.6. The van der Waals surface area contributed by atoms with E-state index in [-0.39, 0.29) is 0 Å². The van der Waals surface area contributed by atoms with E-state index in [1.54, 1.807) is 24.3 Å². The Morgan fingerprint density at radius 3 is 2.29 bits per heavy atom. The molecule has 1 aliphatic rings. The van der Waals surface area contributed by atoms with Crippen LogP contribution in [-0.2, 0) is 9.53 Å². The van der Waals surface area contributed by atoms with Crippen molar-refractivity contribution in [3.05, 3.63) is 78.4 Å². The predicted octanol–water partition coefficient (Wildman–Crippen LogP) is 3.89. The van der Waals surface area contributed by atoms with Gasteiger partial charge in [-0.3, -0.25) is 0 Å². The minimum absolute atomic E-state index is 0.456.